The van der Waals surface area contributed by atoms with Crippen LogP contribution in [0.3, 0.4) is 0 Å². The van der Waals surface area contributed by atoms with Crippen molar-refractivity contribution in [2.75, 3.05) is 13.2 Å². The number of carbonyl (C=O) groups excluding carboxylic acids is 2. The van der Waals surface area contributed by atoms with Gasteiger partial charge in [-0.2, -0.15) is 0 Å². The number of imidazole rings is 1. The summed E-state index contributed by atoms with van der Waals surface area (Å²) in [5.74, 6) is 0.703. The Labute approximate surface area is 118 Å². The van der Waals surface area contributed by atoms with Crippen LogP contribution in [-0.4, -0.2) is 40.7 Å². The fourth-order valence-corrected chi connectivity index (χ4v) is 2.21. The maximum Gasteiger partial charge on any atom is 0.420 e. The Balaban J connectivity index is 2.31. The molecule has 1 fully saturated rings. The molecule has 20 heavy (non-hydrogen) atoms. The molecule has 0 bridgehead atoms. The summed E-state index contributed by atoms with van der Waals surface area (Å²) in [6.07, 6.45) is 3.07. The Kier molecular flexibility index (Phi) is 4.23. The molecule has 2 heterocycles. The molecule has 6 nitrogen and oxygen atoms in total. The molecule has 1 aliphatic rings. The molecule has 0 saturated carbocycles. The van der Waals surface area contributed by atoms with Crippen molar-refractivity contribution in [2.45, 2.75) is 45.1 Å². The highest BCUT2D eigenvalue weighted by Crippen LogP contribution is 2.27. The third kappa shape index (κ3) is 3.25. The first kappa shape index (κ1) is 14.7. The first-order chi connectivity index (χ1) is 9.42. The van der Waals surface area contributed by atoms with Gasteiger partial charge in [0.1, 0.15) is 17.1 Å². The van der Waals surface area contributed by atoms with Crippen LogP contribution in [0.15, 0.2) is 6.20 Å². The van der Waals surface area contributed by atoms with Crippen LogP contribution in [0.2, 0.25) is 0 Å². The monoisotopic (exact) mass is 280 g/mol. The zero-order valence-corrected chi connectivity index (χ0v) is 12.1. The minimum atomic E-state index is -0.617. The first-order valence-electron chi connectivity index (χ1n) is 6.76. The van der Waals surface area contributed by atoms with E-state index in [9.17, 15) is 9.59 Å². The minimum Gasteiger partial charge on any atom is -0.443 e. The van der Waals surface area contributed by atoms with Gasteiger partial charge in [-0.25, -0.2) is 14.3 Å². The van der Waals surface area contributed by atoms with Crippen LogP contribution in [0, 0.1) is 0 Å². The Morgan fingerprint density at radius 3 is 2.65 bits per heavy atom. The Morgan fingerprint density at radius 1 is 1.45 bits per heavy atom. The van der Waals surface area contributed by atoms with E-state index in [2.05, 4.69) is 4.98 Å². The number of aldehydes is 1. The highest BCUT2D eigenvalue weighted by Gasteiger charge is 2.28. The Bertz CT molecular complexity index is 496. The molecular formula is C14H20N2O4. The number of carbonyl (C=O) groups is 2. The van der Waals surface area contributed by atoms with Gasteiger partial charge >= 0.3 is 6.09 Å². The summed E-state index contributed by atoms with van der Waals surface area (Å²) in [6.45, 7) is 6.65. The van der Waals surface area contributed by atoms with Crippen LogP contribution in [0.4, 0.5) is 4.79 Å². The molecule has 6 heteroatoms. The molecule has 1 aromatic rings. The molecule has 0 N–H and O–H groups in total. The van der Waals surface area contributed by atoms with Crippen LogP contribution in [0.5, 0.6) is 0 Å². The van der Waals surface area contributed by atoms with Gasteiger partial charge in [-0.15, -0.1) is 0 Å². The second kappa shape index (κ2) is 5.75. The molecule has 0 aliphatic carbocycles. The third-order valence-corrected chi connectivity index (χ3v) is 3.10. The number of ether oxygens (including phenoxy) is 2. The molecule has 0 atom stereocenters. The van der Waals surface area contributed by atoms with E-state index in [0.29, 0.717) is 25.3 Å². The van der Waals surface area contributed by atoms with Crippen LogP contribution < -0.4 is 0 Å². The maximum absolute atomic E-state index is 12.3. The van der Waals surface area contributed by atoms with Crippen LogP contribution in [-0.2, 0) is 9.47 Å². The molecule has 0 spiro atoms. The average molecular weight is 280 g/mol. The fraction of sp³-hybridized carbons (Fsp3) is 0.643. The molecule has 0 aromatic carbocycles. The standard InChI is InChI=1S/C14H20N2O4/c1-14(2,3)20-13(18)16-11(9-17)8-15-12(16)10-4-6-19-7-5-10/h8-10H,4-7H2,1-3H3. The summed E-state index contributed by atoms with van der Waals surface area (Å²) in [6, 6.07) is 0. The van der Waals surface area contributed by atoms with Crippen LogP contribution in [0.1, 0.15) is 55.8 Å². The van der Waals surface area contributed by atoms with Crippen molar-refractivity contribution in [2.24, 2.45) is 0 Å². The van der Waals surface area contributed by atoms with Crippen molar-refractivity contribution >= 4 is 12.4 Å². The Morgan fingerprint density at radius 2 is 2.10 bits per heavy atom. The summed E-state index contributed by atoms with van der Waals surface area (Å²) in [4.78, 5) is 27.6. The second-order valence-corrected chi connectivity index (χ2v) is 5.86. The van der Waals surface area contributed by atoms with Crippen molar-refractivity contribution in [1.29, 1.82) is 0 Å². The van der Waals surface area contributed by atoms with Crippen molar-refractivity contribution in [3.63, 3.8) is 0 Å². The first-order valence-corrected chi connectivity index (χ1v) is 6.76. The summed E-state index contributed by atoms with van der Waals surface area (Å²) in [5.41, 5.74) is -0.394. The van der Waals surface area contributed by atoms with Gasteiger partial charge in [-0.05, 0) is 33.6 Å². The number of hydrogen-bond donors (Lipinski definition) is 0. The lowest BCUT2D eigenvalue weighted by atomic mass is 9.99. The van der Waals surface area contributed by atoms with Crippen molar-refractivity contribution < 1.29 is 19.1 Å². The lowest BCUT2D eigenvalue weighted by Gasteiger charge is -2.24. The summed E-state index contributed by atoms with van der Waals surface area (Å²) in [7, 11) is 0. The van der Waals surface area contributed by atoms with Gasteiger partial charge < -0.3 is 9.47 Å². The van der Waals surface area contributed by atoms with E-state index >= 15 is 0 Å². The number of hydrogen-bond acceptors (Lipinski definition) is 5. The van der Waals surface area contributed by atoms with E-state index < -0.39 is 11.7 Å². The topological polar surface area (TPSA) is 70.4 Å². The SMILES string of the molecule is CC(C)(C)OC(=O)n1c(C=O)cnc1C1CCOCC1. The zero-order chi connectivity index (χ0) is 14.8. The number of nitrogens with zero attached hydrogens (tertiary/aromatic N) is 2. The van der Waals surface area contributed by atoms with Crippen molar-refractivity contribution in [1.82, 2.24) is 9.55 Å². The zero-order valence-electron chi connectivity index (χ0n) is 12.1. The predicted molar refractivity (Wildman–Crippen MR) is 72.0 cm³/mol. The third-order valence-electron chi connectivity index (χ3n) is 3.10. The molecule has 110 valence electrons. The number of rotatable bonds is 2. The van der Waals surface area contributed by atoms with Crippen LogP contribution >= 0.6 is 0 Å². The summed E-state index contributed by atoms with van der Waals surface area (Å²) in [5, 5.41) is 0. The van der Waals surface area contributed by atoms with Gasteiger partial charge in [0, 0.05) is 19.1 Å². The van der Waals surface area contributed by atoms with Gasteiger partial charge in [0.2, 0.25) is 0 Å². The maximum atomic E-state index is 12.3. The minimum absolute atomic E-state index is 0.116. The van der Waals surface area contributed by atoms with E-state index in [-0.39, 0.29) is 11.6 Å². The lowest BCUT2D eigenvalue weighted by molar-refractivity contribution is 0.0506. The highest BCUT2D eigenvalue weighted by molar-refractivity contribution is 5.82. The van der Waals surface area contributed by atoms with Gasteiger partial charge in [0.05, 0.1) is 6.20 Å². The molecule has 0 amide bonds. The second-order valence-electron chi connectivity index (χ2n) is 5.86. The molecule has 0 unspecified atom stereocenters. The highest BCUT2D eigenvalue weighted by atomic mass is 16.6. The van der Waals surface area contributed by atoms with Gasteiger partial charge in [-0.3, -0.25) is 4.79 Å². The average Bonchev–Trinajstić information content (AvgIpc) is 2.81. The van der Waals surface area contributed by atoms with Crippen LogP contribution in [0.25, 0.3) is 0 Å². The van der Waals surface area contributed by atoms with Gasteiger partial charge in [0.25, 0.3) is 0 Å². The lowest BCUT2D eigenvalue weighted by Crippen LogP contribution is -2.30. The van der Waals surface area contributed by atoms with E-state index in [1.165, 1.54) is 10.8 Å². The molecule has 1 saturated heterocycles. The molecule has 1 aromatic heterocycles. The van der Waals surface area contributed by atoms with Crippen molar-refractivity contribution in [3.05, 3.63) is 17.7 Å². The fourth-order valence-electron chi connectivity index (χ4n) is 2.21. The Hall–Kier alpha value is -1.69. The predicted octanol–water partition coefficient (Wildman–Crippen LogP) is 2.37. The molecule has 2 rings (SSSR count). The smallest absolute Gasteiger partial charge is 0.420 e. The van der Waals surface area contributed by atoms with Crippen molar-refractivity contribution in [3.8, 4) is 0 Å². The molecule has 1 aliphatic heterocycles. The molecular weight excluding hydrogens is 260 g/mol. The largest absolute Gasteiger partial charge is 0.443 e. The van der Waals surface area contributed by atoms with E-state index in [0.717, 1.165) is 12.8 Å². The van der Waals surface area contributed by atoms with E-state index in [1.807, 2.05) is 0 Å². The summed E-state index contributed by atoms with van der Waals surface area (Å²) < 4.78 is 11.9. The van der Waals surface area contributed by atoms with Gasteiger partial charge in [0.15, 0.2) is 6.29 Å². The van der Waals surface area contributed by atoms with E-state index in [1.54, 1.807) is 20.8 Å². The molecule has 0 radical (unpaired) electrons. The van der Waals surface area contributed by atoms with E-state index in [4.69, 9.17) is 9.47 Å². The normalized spacial score (nSPS) is 16.9. The van der Waals surface area contributed by atoms with Gasteiger partial charge in [-0.1, -0.05) is 0 Å². The summed E-state index contributed by atoms with van der Waals surface area (Å²) >= 11 is 0. The quantitative estimate of drug-likeness (QED) is 0.778. The number of aromatic nitrogens is 2.